The van der Waals surface area contributed by atoms with E-state index in [1.165, 1.54) is 11.1 Å². The van der Waals surface area contributed by atoms with Gasteiger partial charge in [-0.25, -0.2) is 4.98 Å². The molecule has 0 spiro atoms. The van der Waals surface area contributed by atoms with Crippen molar-refractivity contribution in [3.8, 4) is 6.07 Å². The van der Waals surface area contributed by atoms with Gasteiger partial charge in [0, 0.05) is 24.2 Å². The average Bonchev–Trinajstić information content (AvgIpc) is 3.00. The lowest BCUT2D eigenvalue weighted by Gasteiger charge is -2.30. The number of carbonyl (C=O) groups is 1. The number of aryl methyl sites for hydroxylation is 1. The van der Waals surface area contributed by atoms with Crippen LogP contribution < -0.4 is 4.90 Å². The molecular weight excluding hydrogens is 388 g/mol. The van der Waals surface area contributed by atoms with E-state index in [1.807, 2.05) is 45.3 Å². The van der Waals surface area contributed by atoms with Crippen molar-refractivity contribution in [1.29, 1.82) is 5.26 Å². The van der Waals surface area contributed by atoms with E-state index in [-0.39, 0.29) is 12.7 Å². The van der Waals surface area contributed by atoms with Crippen molar-refractivity contribution in [2.45, 2.75) is 54.3 Å². The minimum atomic E-state index is -0.572. The number of hydrogen-bond donors (Lipinski definition) is 0. The van der Waals surface area contributed by atoms with E-state index in [1.54, 1.807) is 0 Å². The summed E-state index contributed by atoms with van der Waals surface area (Å²) in [5, 5.41) is 10.6. The highest BCUT2D eigenvalue weighted by molar-refractivity contribution is 5.94. The topological polar surface area (TPSA) is 71.2 Å². The van der Waals surface area contributed by atoms with E-state index >= 15 is 0 Å². The molecule has 0 unspecified atom stereocenters. The van der Waals surface area contributed by atoms with Gasteiger partial charge in [0.2, 0.25) is 0 Å². The predicted molar refractivity (Wildman–Crippen MR) is 121 cm³/mol. The SMILES string of the molecule is Cc1c(C)n(COC(=O)C(C)(C)C)c2c(N3CCc4ccccc4C3)nc(C#N)cc12. The van der Waals surface area contributed by atoms with Crippen LogP contribution in [-0.2, 0) is 29.2 Å². The van der Waals surface area contributed by atoms with Gasteiger partial charge in [0.1, 0.15) is 11.8 Å². The first kappa shape index (κ1) is 20.9. The lowest BCUT2D eigenvalue weighted by Crippen LogP contribution is -2.31. The highest BCUT2D eigenvalue weighted by Crippen LogP contribution is 2.35. The minimum Gasteiger partial charge on any atom is -0.443 e. The number of esters is 1. The number of benzene rings is 1. The molecule has 3 heterocycles. The smallest absolute Gasteiger partial charge is 0.312 e. The zero-order valence-electron chi connectivity index (χ0n) is 18.8. The lowest BCUT2D eigenvalue weighted by molar-refractivity contribution is -0.156. The zero-order chi connectivity index (χ0) is 22.3. The van der Waals surface area contributed by atoms with Crippen LogP contribution in [0.1, 0.15) is 48.8 Å². The monoisotopic (exact) mass is 416 g/mol. The van der Waals surface area contributed by atoms with Crippen LogP contribution in [0.15, 0.2) is 30.3 Å². The van der Waals surface area contributed by atoms with E-state index in [4.69, 9.17) is 9.72 Å². The number of nitriles is 1. The number of ether oxygens (including phenoxy) is 1. The van der Waals surface area contributed by atoms with Crippen LogP contribution in [0.4, 0.5) is 5.82 Å². The first-order chi connectivity index (χ1) is 14.7. The van der Waals surface area contributed by atoms with Crippen LogP contribution in [-0.4, -0.2) is 22.1 Å². The molecule has 6 nitrogen and oxygen atoms in total. The van der Waals surface area contributed by atoms with Gasteiger partial charge in [-0.3, -0.25) is 4.79 Å². The number of hydrogen-bond acceptors (Lipinski definition) is 5. The second-order valence-electron chi connectivity index (χ2n) is 9.23. The highest BCUT2D eigenvalue weighted by atomic mass is 16.5. The van der Waals surface area contributed by atoms with Crippen molar-refractivity contribution in [3.05, 3.63) is 58.4 Å². The van der Waals surface area contributed by atoms with Crippen LogP contribution in [0.3, 0.4) is 0 Å². The first-order valence-corrected chi connectivity index (χ1v) is 10.6. The highest BCUT2D eigenvalue weighted by Gasteiger charge is 2.26. The maximum atomic E-state index is 12.4. The van der Waals surface area contributed by atoms with E-state index in [0.29, 0.717) is 5.69 Å². The van der Waals surface area contributed by atoms with Gasteiger partial charge < -0.3 is 14.2 Å². The summed E-state index contributed by atoms with van der Waals surface area (Å²) in [5.41, 5.74) is 5.44. The second kappa shape index (κ2) is 7.73. The molecule has 2 aromatic heterocycles. The predicted octanol–water partition coefficient (Wildman–Crippen LogP) is 4.63. The van der Waals surface area contributed by atoms with Gasteiger partial charge in [0.25, 0.3) is 0 Å². The molecule has 0 atom stereocenters. The summed E-state index contributed by atoms with van der Waals surface area (Å²) in [6.45, 7) is 11.3. The summed E-state index contributed by atoms with van der Waals surface area (Å²) in [6, 6.07) is 12.5. The van der Waals surface area contributed by atoms with Gasteiger partial charge in [0.05, 0.1) is 10.9 Å². The molecule has 31 heavy (non-hydrogen) atoms. The molecular formula is C25H28N4O2. The van der Waals surface area contributed by atoms with Crippen LogP contribution in [0, 0.1) is 30.6 Å². The van der Waals surface area contributed by atoms with Gasteiger partial charge in [-0.2, -0.15) is 5.26 Å². The van der Waals surface area contributed by atoms with Crippen LogP contribution in [0.2, 0.25) is 0 Å². The molecule has 0 N–H and O–H groups in total. The Morgan fingerprint density at radius 3 is 2.61 bits per heavy atom. The number of aromatic nitrogens is 2. The molecule has 4 rings (SSSR count). The quantitative estimate of drug-likeness (QED) is 0.582. The van der Waals surface area contributed by atoms with Crippen molar-refractivity contribution >= 4 is 22.7 Å². The molecule has 0 bridgehead atoms. The third-order valence-electron chi connectivity index (χ3n) is 6.08. The third kappa shape index (κ3) is 3.76. The van der Waals surface area contributed by atoms with Crippen molar-refractivity contribution < 1.29 is 9.53 Å². The lowest BCUT2D eigenvalue weighted by atomic mass is 9.98. The Bertz CT molecular complexity index is 1210. The molecule has 0 fully saturated rings. The van der Waals surface area contributed by atoms with Crippen molar-refractivity contribution in [2.75, 3.05) is 11.4 Å². The van der Waals surface area contributed by atoms with Gasteiger partial charge in [-0.1, -0.05) is 24.3 Å². The van der Waals surface area contributed by atoms with E-state index < -0.39 is 5.41 Å². The molecule has 0 amide bonds. The summed E-state index contributed by atoms with van der Waals surface area (Å²) in [4.78, 5) is 19.4. The molecule has 0 radical (unpaired) electrons. The molecule has 3 aromatic rings. The number of fused-ring (bicyclic) bond motifs is 2. The Kier molecular flexibility index (Phi) is 5.22. The van der Waals surface area contributed by atoms with Gasteiger partial charge in [-0.05, 0) is 63.8 Å². The van der Waals surface area contributed by atoms with E-state index in [2.05, 4.69) is 35.2 Å². The largest absolute Gasteiger partial charge is 0.443 e. The van der Waals surface area contributed by atoms with Gasteiger partial charge in [0.15, 0.2) is 12.5 Å². The van der Waals surface area contributed by atoms with Crippen molar-refractivity contribution in [1.82, 2.24) is 9.55 Å². The fourth-order valence-corrected chi connectivity index (χ4v) is 4.10. The Balaban J connectivity index is 1.82. The third-order valence-corrected chi connectivity index (χ3v) is 6.08. The molecule has 0 saturated carbocycles. The van der Waals surface area contributed by atoms with Gasteiger partial charge in [-0.15, -0.1) is 0 Å². The van der Waals surface area contributed by atoms with Crippen LogP contribution in [0.25, 0.3) is 10.9 Å². The van der Waals surface area contributed by atoms with Crippen LogP contribution in [0.5, 0.6) is 0 Å². The molecule has 1 aliphatic rings. The van der Waals surface area contributed by atoms with Crippen molar-refractivity contribution in [3.63, 3.8) is 0 Å². The minimum absolute atomic E-state index is 0.122. The molecule has 0 saturated heterocycles. The maximum Gasteiger partial charge on any atom is 0.312 e. The number of nitrogens with zero attached hydrogens (tertiary/aromatic N) is 4. The standard InChI is InChI=1S/C25H28N4O2/c1-16-17(2)29(15-31-24(30)25(3,4)5)22-21(16)12-20(13-26)27-23(22)28-11-10-18-8-6-7-9-19(18)14-28/h6-9,12H,10-11,14-15H2,1-5H3. The van der Waals surface area contributed by atoms with Crippen molar-refractivity contribution in [2.24, 2.45) is 5.41 Å². The number of rotatable bonds is 3. The average molecular weight is 417 g/mol. The normalized spacial score (nSPS) is 13.7. The molecule has 1 aromatic carbocycles. The fourth-order valence-electron chi connectivity index (χ4n) is 4.10. The zero-order valence-corrected chi connectivity index (χ0v) is 18.8. The summed E-state index contributed by atoms with van der Waals surface area (Å²) < 4.78 is 7.67. The molecule has 1 aliphatic heterocycles. The molecule has 160 valence electrons. The Hall–Kier alpha value is -3.33. The maximum absolute atomic E-state index is 12.4. The second-order valence-corrected chi connectivity index (χ2v) is 9.23. The number of pyridine rings is 1. The number of carbonyl (C=O) groups excluding carboxylic acids is 1. The summed E-state index contributed by atoms with van der Waals surface area (Å²) >= 11 is 0. The van der Waals surface area contributed by atoms with Crippen LogP contribution >= 0.6 is 0 Å². The first-order valence-electron chi connectivity index (χ1n) is 10.6. The Labute approximate surface area is 183 Å². The summed E-state index contributed by atoms with van der Waals surface area (Å²) in [6.07, 6.45) is 0.924. The van der Waals surface area contributed by atoms with E-state index in [0.717, 1.165) is 47.5 Å². The molecule has 0 aliphatic carbocycles. The Morgan fingerprint density at radius 2 is 1.94 bits per heavy atom. The molecule has 6 heteroatoms. The summed E-state index contributed by atoms with van der Waals surface area (Å²) in [7, 11) is 0. The Morgan fingerprint density at radius 1 is 1.23 bits per heavy atom. The van der Waals surface area contributed by atoms with E-state index in [9.17, 15) is 10.1 Å². The fraction of sp³-hybridized carbons (Fsp3) is 0.400. The summed E-state index contributed by atoms with van der Waals surface area (Å²) in [5.74, 6) is 0.521. The van der Waals surface area contributed by atoms with Gasteiger partial charge >= 0.3 is 5.97 Å². The number of anilines is 1.